The molecule has 0 aliphatic heterocycles. The van der Waals surface area contributed by atoms with E-state index in [9.17, 15) is 13.6 Å². The number of halogens is 2. The topological polar surface area (TPSA) is 54.9 Å². The maximum Gasteiger partial charge on any atom is 0.264 e. The Morgan fingerprint density at radius 2 is 2.39 bits per heavy atom. The molecule has 0 spiro atoms. The van der Waals surface area contributed by atoms with E-state index in [2.05, 4.69) is 14.9 Å². The minimum atomic E-state index is -2.59. The summed E-state index contributed by atoms with van der Waals surface area (Å²) >= 11 is 1.00. The van der Waals surface area contributed by atoms with Crippen molar-refractivity contribution >= 4 is 17.4 Å². The van der Waals surface area contributed by atoms with E-state index in [1.165, 1.54) is 6.20 Å². The van der Waals surface area contributed by atoms with Crippen molar-refractivity contribution in [3.63, 3.8) is 0 Å². The lowest BCUT2D eigenvalue weighted by atomic mass is 9.99. The number of hydrogen-bond donors (Lipinski definition) is 1. The monoisotopic (exact) mass is 275 g/mol. The number of hydrogen-bond acceptors (Lipinski definition) is 4. The Balaban J connectivity index is 1.84. The smallest absolute Gasteiger partial charge is 0.264 e. The molecule has 1 fully saturated rings. The zero-order valence-corrected chi connectivity index (χ0v) is 10.7. The molecular weight excluding hydrogens is 260 g/mol. The van der Waals surface area contributed by atoms with Gasteiger partial charge in [-0.3, -0.25) is 4.79 Å². The van der Waals surface area contributed by atoms with Gasteiger partial charge in [-0.15, -0.1) is 5.10 Å². The van der Waals surface area contributed by atoms with Crippen LogP contribution in [0.1, 0.15) is 41.8 Å². The molecule has 7 heteroatoms. The lowest BCUT2D eigenvalue weighted by Crippen LogP contribution is -2.31. The lowest BCUT2D eigenvalue weighted by Gasteiger charge is -2.19. The molecule has 1 unspecified atom stereocenters. The van der Waals surface area contributed by atoms with Crippen molar-refractivity contribution < 1.29 is 13.6 Å². The van der Waals surface area contributed by atoms with Gasteiger partial charge in [0.1, 0.15) is 4.88 Å². The van der Waals surface area contributed by atoms with Crippen LogP contribution in [0.3, 0.4) is 0 Å². The highest BCUT2D eigenvalue weighted by Crippen LogP contribution is 2.34. The Kier molecular flexibility index (Phi) is 4.21. The summed E-state index contributed by atoms with van der Waals surface area (Å²) in [5.74, 6) is -3.01. The van der Waals surface area contributed by atoms with Crippen LogP contribution in [0, 0.1) is 5.92 Å². The number of nitrogens with one attached hydrogen (secondary N) is 1. The quantitative estimate of drug-likeness (QED) is 0.862. The molecule has 0 aromatic carbocycles. The van der Waals surface area contributed by atoms with Crippen LogP contribution in [0.2, 0.25) is 0 Å². The van der Waals surface area contributed by atoms with Gasteiger partial charge in [-0.1, -0.05) is 10.9 Å². The molecule has 1 aromatic rings. The predicted octanol–water partition coefficient (Wildman–Crippen LogP) is 2.48. The summed E-state index contributed by atoms with van der Waals surface area (Å²) in [6.45, 7) is 0.298. The first kappa shape index (κ1) is 13.3. The molecular formula is C11H15F2N3OS. The third-order valence-corrected chi connectivity index (χ3v) is 3.79. The highest BCUT2D eigenvalue weighted by molar-refractivity contribution is 7.07. The molecule has 1 amide bonds. The zero-order chi connectivity index (χ0) is 13.0. The minimum Gasteiger partial charge on any atom is -0.351 e. The van der Waals surface area contributed by atoms with E-state index < -0.39 is 5.92 Å². The van der Waals surface area contributed by atoms with E-state index in [0.29, 0.717) is 17.8 Å². The van der Waals surface area contributed by atoms with E-state index in [1.54, 1.807) is 0 Å². The van der Waals surface area contributed by atoms with Crippen LogP contribution in [0.25, 0.3) is 0 Å². The van der Waals surface area contributed by atoms with Crippen LogP contribution in [-0.4, -0.2) is 28.0 Å². The van der Waals surface area contributed by atoms with Gasteiger partial charge in [0.2, 0.25) is 5.92 Å². The van der Waals surface area contributed by atoms with Gasteiger partial charge in [-0.2, -0.15) is 0 Å². The SMILES string of the molecule is O=C(NCC1CCCCC(F)(F)C1)c1cnns1. The summed E-state index contributed by atoms with van der Waals surface area (Å²) in [6, 6.07) is 0. The summed E-state index contributed by atoms with van der Waals surface area (Å²) in [7, 11) is 0. The van der Waals surface area contributed by atoms with E-state index in [4.69, 9.17) is 0 Å². The maximum absolute atomic E-state index is 13.4. The number of aromatic nitrogens is 2. The second-order valence-electron chi connectivity index (χ2n) is 4.66. The van der Waals surface area contributed by atoms with Crippen LogP contribution in [0.4, 0.5) is 8.78 Å². The Morgan fingerprint density at radius 3 is 3.11 bits per heavy atom. The molecule has 100 valence electrons. The second kappa shape index (κ2) is 5.69. The summed E-state index contributed by atoms with van der Waals surface area (Å²) in [5, 5.41) is 6.24. The van der Waals surface area contributed by atoms with Gasteiger partial charge >= 0.3 is 0 Å². The van der Waals surface area contributed by atoms with Crippen molar-refractivity contribution in [3.05, 3.63) is 11.1 Å². The molecule has 1 aliphatic rings. The van der Waals surface area contributed by atoms with Gasteiger partial charge in [0.15, 0.2) is 0 Å². The van der Waals surface area contributed by atoms with Crippen molar-refractivity contribution in [2.24, 2.45) is 5.92 Å². The van der Waals surface area contributed by atoms with Gasteiger partial charge in [0.05, 0.1) is 6.20 Å². The molecule has 1 aliphatic carbocycles. The zero-order valence-electron chi connectivity index (χ0n) is 9.86. The average Bonchev–Trinajstić information content (AvgIpc) is 2.78. The Morgan fingerprint density at radius 1 is 1.56 bits per heavy atom. The van der Waals surface area contributed by atoms with Crippen LogP contribution < -0.4 is 5.32 Å². The number of nitrogens with zero attached hydrogens (tertiary/aromatic N) is 2. The lowest BCUT2D eigenvalue weighted by molar-refractivity contribution is -0.0248. The molecule has 1 heterocycles. The van der Waals surface area contributed by atoms with Crippen LogP contribution in [0.15, 0.2) is 6.20 Å². The van der Waals surface area contributed by atoms with Crippen molar-refractivity contribution in [1.82, 2.24) is 14.9 Å². The summed E-state index contributed by atoms with van der Waals surface area (Å²) in [5.41, 5.74) is 0. The van der Waals surface area contributed by atoms with Crippen molar-refractivity contribution in [3.8, 4) is 0 Å². The average molecular weight is 275 g/mol. The van der Waals surface area contributed by atoms with E-state index in [1.807, 2.05) is 0 Å². The minimum absolute atomic E-state index is 0.0315. The second-order valence-corrected chi connectivity index (χ2v) is 5.45. The number of carbonyl (C=O) groups is 1. The predicted molar refractivity (Wildman–Crippen MR) is 63.8 cm³/mol. The molecule has 0 radical (unpaired) electrons. The molecule has 2 rings (SSSR count). The van der Waals surface area contributed by atoms with Crippen LogP contribution in [0.5, 0.6) is 0 Å². The Bertz CT molecular complexity index is 397. The summed E-state index contributed by atoms with van der Waals surface area (Å²) < 4.78 is 30.4. The normalized spacial score (nSPS) is 23.3. The maximum atomic E-state index is 13.4. The van der Waals surface area contributed by atoms with Crippen molar-refractivity contribution in [2.75, 3.05) is 6.54 Å². The fraction of sp³-hybridized carbons (Fsp3) is 0.727. The fourth-order valence-corrected chi connectivity index (χ4v) is 2.64. The first-order valence-corrected chi connectivity index (χ1v) is 6.77. The van der Waals surface area contributed by atoms with Gasteiger partial charge in [-0.05, 0) is 30.3 Å². The van der Waals surface area contributed by atoms with Gasteiger partial charge in [0.25, 0.3) is 5.91 Å². The van der Waals surface area contributed by atoms with Crippen LogP contribution in [-0.2, 0) is 0 Å². The number of amides is 1. The van der Waals surface area contributed by atoms with E-state index in [-0.39, 0.29) is 24.7 Å². The standard InChI is InChI=1S/C11H15F2N3OS/c12-11(13)4-2-1-3-8(5-11)6-14-10(17)9-7-15-16-18-9/h7-8H,1-6H2,(H,14,17). The third kappa shape index (κ3) is 3.69. The first-order valence-electron chi connectivity index (χ1n) is 6.00. The summed E-state index contributed by atoms with van der Waals surface area (Å²) in [4.78, 5) is 12.0. The van der Waals surface area contributed by atoms with Gasteiger partial charge < -0.3 is 5.32 Å². The molecule has 0 saturated heterocycles. The molecule has 1 atom stereocenters. The van der Waals surface area contributed by atoms with Gasteiger partial charge in [0, 0.05) is 19.4 Å². The molecule has 1 saturated carbocycles. The summed E-state index contributed by atoms with van der Waals surface area (Å²) in [6.07, 6.45) is 3.33. The van der Waals surface area contributed by atoms with E-state index in [0.717, 1.165) is 24.4 Å². The van der Waals surface area contributed by atoms with E-state index >= 15 is 0 Å². The highest BCUT2D eigenvalue weighted by Gasteiger charge is 2.34. The van der Waals surface area contributed by atoms with Gasteiger partial charge in [-0.25, -0.2) is 8.78 Å². The Labute approximate surface area is 108 Å². The highest BCUT2D eigenvalue weighted by atomic mass is 32.1. The largest absolute Gasteiger partial charge is 0.351 e. The number of carbonyl (C=O) groups excluding carboxylic acids is 1. The number of alkyl halides is 2. The molecule has 18 heavy (non-hydrogen) atoms. The van der Waals surface area contributed by atoms with Crippen molar-refractivity contribution in [1.29, 1.82) is 0 Å². The fourth-order valence-electron chi connectivity index (χ4n) is 2.21. The molecule has 1 aromatic heterocycles. The van der Waals surface area contributed by atoms with Crippen LogP contribution >= 0.6 is 11.5 Å². The molecule has 0 bridgehead atoms. The third-order valence-electron chi connectivity index (χ3n) is 3.13. The number of rotatable bonds is 3. The first-order chi connectivity index (χ1) is 8.57. The molecule has 4 nitrogen and oxygen atoms in total. The van der Waals surface area contributed by atoms with Crippen molar-refractivity contribution in [2.45, 2.75) is 38.0 Å². The Hall–Kier alpha value is -1.11. The molecule has 1 N–H and O–H groups in total.